The van der Waals surface area contributed by atoms with Crippen LogP contribution >= 0.6 is 28.3 Å². The minimum Gasteiger partial charge on any atom is -0.497 e. The van der Waals surface area contributed by atoms with Crippen molar-refractivity contribution in [2.24, 2.45) is 0 Å². The SMILES string of the molecule is Br.COc1ccc(-c2nc(-c3cccc([N+](=O)[O-])c3)cs2)cc1. The number of nitro benzene ring substituents is 1. The highest BCUT2D eigenvalue weighted by Crippen LogP contribution is 2.31. The average molecular weight is 393 g/mol. The topological polar surface area (TPSA) is 65.3 Å². The van der Waals surface area contributed by atoms with Crippen molar-refractivity contribution in [1.82, 2.24) is 4.98 Å². The Morgan fingerprint density at radius 1 is 1.13 bits per heavy atom. The third kappa shape index (κ3) is 3.75. The maximum absolute atomic E-state index is 10.8. The van der Waals surface area contributed by atoms with Crippen molar-refractivity contribution in [1.29, 1.82) is 0 Å². The van der Waals surface area contributed by atoms with Gasteiger partial charge in [0.2, 0.25) is 0 Å². The van der Waals surface area contributed by atoms with Gasteiger partial charge in [-0.2, -0.15) is 0 Å². The van der Waals surface area contributed by atoms with Crippen molar-refractivity contribution >= 4 is 34.0 Å². The van der Waals surface area contributed by atoms with E-state index in [2.05, 4.69) is 4.98 Å². The number of benzene rings is 2. The molecule has 23 heavy (non-hydrogen) atoms. The van der Waals surface area contributed by atoms with E-state index >= 15 is 0 Å². The molecule has 0 atom stereocenters. The molecule has 7 heteroatoms. The normalized spacial score (nSPS) is 9.96. The predicted octanol–water partition coefficient (Wildman–Crippen LogP) is 4.97. The number of aromatic nitrogens is 1. The second kappa shape index (κ2) is 7.34. The minimum absolute atomic E-state index is 0. The molecule has 3 aromatic rings. The van der Waals surface area contributed by atoms with Crippen LogP contribution < -0.4 is 4.74 Å². The number of hydrogen-bond acceptors (Lipinski definition) is 5. The molecule has 3 rings (SSSR count). The molecule has 0 radical (unpaired) electrons. The van der Waals surface area contributed by atoms with Gasteiger partial charge in [0.15, 0.2) is 0 Å². The molecule has 2 aromatic carbocycles. The van der Waals surface area contributed by atoms with Crippen LogP contribution in [0.2, 0.25) is 0 Å². The lowest BCUT2D eigenvalue weighted by Gasteiger charge is -2.00. The summed E-state index contributed by atoms with van der Waals surface area (Å²) in [6.45, 7) is 0. The lowest BCUT2D eigenvalue weighted by Crippen LogP contribution is -1.88. The van der Waals surface area contributed by atoms with E-state index in [9.17, 15) is 10.1 Å². The summed E-state index contributed by atoms with van der Waals surface area (Å²) in [5.74, 6) is 0.791. The maximum Gasteiger partial charge on any atom is 0.270 e. The van der Waals surface area contributed by atoms with E-state index in [1.54, 1.807) is 13.2 Å². The molecule has 0 amide bonds. The van der Waals surface area contributed by atoms with Crippen LogP contribution in [0.15, 0.2) is 53.9 Å². The van der Waals surface area contributed by atoms with E-state index in [-0.39, 0.29) is 22.7 Å². The summed E-state index contributed by atoms with van der Waals surface area (Å²) in [5.41, 5.74) is 2.53. The van der Waals surface area contributed by atoms with Crippen LogP contribution in [0, 0.1) is 10.1 Å². The molecule has 0 aliphatic carbocycles. The van der Waals surface area contributed by atoms with Gasteiger partial charge in [0, 0.05) is 28.6 Å². The minimum atomic E-state index is -0.403. The van der Waals surface area contributed by atoms with Crippen molar-refractivity contribution in [2.75, 3.05) is 7.11 Å². The quantitative estimate of drug-likeness (QED) is 0.464. The van der Waals surface area contributed by atoms with Gasteiger partial charge in [-0.1, -0.05) is 12.1 Å². The fourth-order valence-electron chi connectivity index (χ4n) is 2.05. The first-order valence-electron chi connectivity index (χ1n) is 6.52. The summed E-state index contributed by atoms with van der Waals surface area (Å²) in [4.78, 5) is 15.0. The predicted molar refractivity (Wildman–Crippen MR) is 96.5 cm³/mol. The lowest BCUT2D eigenvalue weighted by atomic mass is 10.1. The molecular formula is C16H13BrN2O3S. The Morgan fingerprint density at radius 2 is 1.87 bits per heavy atom. The highest BCUT2D eigenvalue weighted by Gasteiger charge is 2.10. The Labute approximate surface area is 147 Å². The number of methoxy groups -OCH3 is 1. The lowest BCUT2D eigenvalue weighted by molar-refractivity contribution is -0.384. The molecule has 0 aliphatic rings. The Bertz CT molecular complexity index is 818. The molecule has 0 spiro atoms. The van der Waals surface area contributed by atoms with Crippen LogP contribution in [-0.4, -0.2) is 17.0 Å². The van der Waals surface area contributed by atoms with E-state index in [1.807, 2.05) is 35.7 Å². The molecule has 0 saturated carbocycles. The smallest absolute Gasteiger partial charge is 0.270 e. The Balaban J connectivity index is 0.00000192. The summed E-state index contributed by atoms with van der Waals surface area (Å²) in [7, 11) is 1.62. The van der Waals surface area contributed by atoms with Gasteiger partial charge in [-0.15, -0.1) is 28.3 Å². The number of nitrogens with zero attached hydrogens (tertiary/aromatic N) is 2. The molecule has 0 saturated heterocycles. The second-order valence-corrected chi connectivity index (χ2v) is 5.43. The fourth-order valence-corrected chi connectivity index (χ4v) is 2.89. The van der Waals surface area contributed by atoms with Crippen molar-refractivity contribution in [3.05, 3.63) is 64.0 Å². The van der Waals surface area contributed by atoms with Gasteiger partial charge in [-0.3, -0.25) is 10.1 Å². The van der Waals surface area contributed by atoms with Gasteiger partial charge in [0.25, 0.3) is 5.69 Å². The van der Waals surface area contributed by atoms with Crippen LogP contribution in [0.5, 0.6) is 5.75 Å². The molecular weight excluding hydrogens is 380 g/mol. The number of thiazole rings is 1. The highest BCUT2D eigenvalue weighted by atomic mass is 79.9. The van der Waals surface area contributed by atoms with Gasteiger partial charge in [-0.05, 0) is 24.3 Å². The maximum atomic E-state index is 10.8. The zero-order valence-electron chi connectivity index (χ0n) is 12.1. The van der Waals surface area contributed by atoms with Crippen LogP contribution in [-0.2, 0) is 0 Å². The zero-order valence-corrected chi connectivity index (χ0v) is 14.7. The fraction of sp³-hybridized carbons (Fsp3) is 0.0625. The molecule has 0 bridgehead atoms. The van der Waals surface area contributed by atoms with Gasteiger partial charge >= 0.3 is 0 Å². The van der Waals surface area contributed by atoms with Crippen LogP contribution in [0.1, 0.15) is 0 Å². The van der Waals surface area contributed by atoms with E-state index < -0.39 is 4.92 Å². The van der Waals surface area contributed by atoms with Gasteiger partial charge in [0.1, 0.15) is 10.8 Å². The highest BCUT2D eigenvalue weighted by molar-refractivity contribution is 8.93. The van der Waals surface area contributed by atoms with Crippen molar-refractivity contribution in [3.63, 3.8) is 0 Å². The van der Waals surface area contributed by atoms with Crippen LogP contribution in [0.4, 0.5) is 5.69 Å². The molecule has 0 N–H and O–H groups in total. The molecule has 5 nitrogen and oxygen atoms in total. The van der Waals surface area contributed by atoms with Crippen molar-refractivity contribution in [2.45, 2.75) is 0 Å². The number of rotatable bonds is 4. The molecule has 0 aliphatic heterocycles. The van der Waals surface area contributed by atoms with E-state index in [4.69, 9.17) is 4.74 Å². The second-order valence-electron chi connectivity index (χ2n) is 4.57. The average Bonchev–Trinajstić information content (AvgIpc) is 3.05. The van der Waals surface area contributed by atoms with Crippen molar-refractivity contribution in [3.8, 4) is 27.6 Å². The summed E-state index contributed by atoms with van der Waals surface area (Å²) >= 11 is 1.50. The monoisotopic (exact) mass is 392 g/mol. The molecule has 1 aromatic heterocycles. The first-order valence-corrected chi connectivity index (χ1v) is 7.40. The number of nitro groups is 1. The number of hydrogen-bond donors (Lipinski definition) is 0. The summed E-state index contributed by atoms with van der Waals surface area (Å²) < 4.78 is 5.13. The first kappa shape index (κ1) is 17.1. The van der Waals surface area contributed by atoms with E-state index in [0.29, 0.717) is 0 Å². The molecule has 0 fully saturated rings. The largest absolute Gasteiger partial charge is 0.497 e. The zero-order chi connectivity index (χ0) is 15.5. The summed E-state index contributed by atoms with van der Waals surface area (Å²) in [5, 5.41) is 13.6. The Kier molecular flexibility index (Phi) is 5.46. The number of halogens is 1. The third-order valence-corrected chi connectivity index (χ3v) is 4.09. The van der Waals surface area contributed by atoms with Crippen LogP contribution in [0.3, 0.4) is 0 Å². The number of non-ortho nitro benzene ring substituents is 1. The molecule has 0 unspecified atom stereocenters. The Morgan fingerprint density at radius 3 is 2.52 bits per heavy atom. The Hall–Kier alpha value is -2.25. The van der Waals surface area contributed by atoms with E-state index in [0.717, 1.165) is 27.6 Å². The molecule has 118 valence electrons. The van der Waals surface area contributed by atoms with E-state index in [1.165, 1.54) is 23.5 Å². The van der Waals surface area contributed by atoms with Crippen LogP contribution in [0.25, 0.3) is 21.8 Å². The summed E-state index contributed by atoms with van der Waals surface area (Å²) in [6, 6.07) is 14.1. The standard InChI is InChI=1S/C16H12N2O3S.BrH/c1-21-14-7-5-11(6-8-14)16-17-15(10-22-16)12-3-2-4-13(9-12)18(19)20;/h2-10H,1H3;1H. The van der Waals surface area contributed by atoms with Gasteiger partial charge in [0.05, 0.1) is 17.7 Å². The first-order chi connectivity index (χ1) is 10.7. The summed E-state index contributed by atoms with van der Waals surface area (Å²) in [6.07, 6.45) is 0. The molecule has 1 heterocycles. The van der Waals surface area contributed by atoms with Gasteiger partial charge in [-0.25, -0.2) is 4.98 Å². The van der Waals surface area contributed by atoms with Gasteiger partial charge < -0.3 is 4.74 Å². The third-order valence-electron chi connectivity index (χ3n) is 3.19. The number of ether oxygens (including phenoxy) is 1. The van der Waals surface area contributed by atoms with Crippen molar-refractivity contribution < 1.29 is 9.66 Å².